The van der Waals surface area contributed by atoms with Crippen molar-refractivity contribution in [3.63, 3.8) is 0 Å². The third-order valence-corrected chi connectivity index (χ3v) is 6.81. The maximum absolute atomic E-state index is 12.9. The predicted octanol–water partition coefficient (Wildman–Crippen LogP) is 3.57. The lowest BCUT2D eigenvalue weighted by Crippen LogP contribution is -2.52. The number of hydrogen-bond donors (Lipinski definition) is 3. The number of aromatic nitrogens is 1. The summed E-state index contributed by atoms with van der Waals surface area (Å²) < 4.78 is 0. The molecule has 9 nitrogen and oxygen atoms in total. The predicted molar refractivity (Wildman–Crippen MR) is 137 cm³/mol. The summed E-state index contributed by atoms with van der Waals surface area (Å²) in [5.74, 6) is -1.03. The van der Waals surface area contributed by atoms with E-state index in [2.05, 4.69) is 20.9 Å². The Morgan fingerprint density at radius 2 is 1.84 bits per heavy atom. The lowest BCUT2D eigenvalue weighted by atomic mass is 9.92. The fraction of sp³-hybridized carbons (Fsp3) is 0.250. The molecule has 188 valence electrons. The van der Waals surface area contributed by atoms with Crippen LogP contribution in [0.2, 0.25) is 0 Å². The largest absolute Gasteiger partial charge is 0.329 e. The van der Waals surface area contributed by atoms with E-state index in [1.165, 1.54) is 4.90 Å². The van der Waals surface area contributed by atoms with Crippen molar-refractivity contribution in [3.05, 3.63) is 83.7 Å². The van der Waals surface area contributed by atoms with Gasteiger partial charge in [0.2, 0.25) is 11.8 Å². The van der Waals surface area contributed by atoms with Crippen LogP contribution in [0.4, 0.5) is 10.5 Å². The summed E-state index contributed by atoms with van der Waals surface area (Å²) in [5, 5.41) is 8.15. The zero-order chi connectivity index (χ0) is 26.2. The van der Waals surface area contributed by atoms with E-state index >= 15 is 0 Å². The van der Waals surface area contributed by atoms with Gasteiger partial charge in [0.15, 0.2) is 0 Å². The monoisotopic (exact) mass is 497 g/mol. The Labute approximate surface area is 214 Å². The van der Waals surface area contributed by atoms with Gasteiger partial charge in [0.1, 0.15) is 6.04 Å². The normalized spacial score (nSPS) is 17.3. The molecule has 9 heteroatoms. The highest BCUT2D eigenvalue weighted by atomic mass is 16.2. The average molecular weight is 498 g/mol. The molecule has 1 atom stereocenters. The third-order valence-electron chi connectivity index (χ3n) is 6.81. The minimum atomic E-state index is -0.678. The minimum absolute atomic E-state index is 0.200. The molecule has 1 fully saturated rings. The van der Waals surface area contributed by atoms with Crippen molar-refractivity contribution in [3.8, 4) is 11.1 Å². The average Bonchev–Trinajstić information content (AvgIpc) is 3.19. The Morgan fingerprint density at radius 3 is 2.54 bits per heavy atom. The maximum atomic E-state index is 12.9. The highest BCUT2D eigenvalue weighted by Gasteiger charge is 2.39. The number of benzene rings is 2. The Balaban J connectivity index is 1.24. The van der Waals surface area contributed by atoms with E-state index in [1.54, 1.807) is 30.6 Å². The molecule has 2 aliphatic rings. The van der Waals surface area contributed by atoms with E-state index in [1.807, 2.05) is 50.2 Å². The van der Waals surface area contributed by atoms with E-state index < -0.39 is 17.5 Å². The first kappa shape index (κ1) is 24.2. The number of piperidine rings is 1. The summed E-state index contributed by atoms with van der Waals surface area (Å²) in [6.45, 7) is 4.09. The van der Waals surface area contributed by atoms with Crippen LogP contribution in [0.5, 0.6) is 0 Å². The topological polar surface area (TPSA) is 120 Å². The standard InChI is InChI=1S/C28H27N5O4/c1-28(2,20-7-5-17(6-8-20)18-4-3-13-29-15-18)32-27(37)30-21-9-10-22-19(14-21)16-33(26(22)36)23-11-12-24(34)31-25(23)35/h3-10,13-15,23H,11-12,16H2,1-2H3,(H2,30,32,37)(H,31,34,35). The van der Waals surface area contributed by atoms with Gasteiger partial charge >= 0.3 is 6.03 Å². The molecule has 3 N–H and O–H groups in total. The van der Waals surface area contributed by atoms with Crippen molar-refractivity contribution in [1.29, 1.82) is 0 Å². The van der Waals surface area contributed by atoms with Crippen molar-refractivity contribution >= 4 is 29.4 Å². The van der Waals surface area contributed by atoms with Crippen LogP contribution in [0, 0.1) is 0 Å². The quantitative estimate of drug-likeness (QED) is 0.466. The van der Waals surface area contributed by atoms with Gasteiger partial charge in [0.25, 0.3) is 5.91 Å². The number of nitrogens with one attached hydrogen (secondary N) is 3. The number of pyridine rings is 1. The maximum Gasteiger partial charge on any atom is 0.319 e. The first-order valence-electron chi connectivity index (χ1n) is 12.1. The first-order valence-corrected chi connectivity index (χ1v) is 12.1. The number of rotatable bonds is 5. The Bertz CT molecular complexity index is 1390. The van der Waals surface area contributed by atoms with Gasteiger partial charge in [0, 0.05) is 36.6 Å². The summed E-state index contributed by atoms with van der Waals surface area (Å²) in [5.41, 5.74) is 4.10. The van der Waals surface area contributed by atoms with Gasteiger partial charge in [-0.2, -0.15) is 0 Å². The van der Waals surface area contributed by atoms with Crippen LogP contribution in [0.15, 0.2) is 67.0 Å². The highest BCUT2D eigenvalue weighted by Crippen LogP contribution is 2.30. The fourth-order valence-electron chi connectivity index (χ4n) is 4.78. The molecule has 0 spiro atoms. The minimum Gasteiger partial charge on any atom is -0.329 e. The van der Waals surface area contributed by atoms with Crippen molar-refractivity contribution < 1.29 is 19.2 Å². The molecular weight excluding hydrogens is 470 g/mol. The van der Waals surface area contributed by atoms with E-state index in [0.29, 0.717) is 17.7 Å². The van der Waals surface area contributed by atoms with Crippen LogP contribution < -0.4 is 16.0 Å². The second-order valence-electron chi connectivity index (χ2n) is 9.80. The van der Waals surface area contributed by atoms with Crippen LogP contribution in [0.3, 0.4) is 0 Å². The van der Waals surface area contributed by atoms with E-state index in [0.717, 1.165) is 22.3 Å². The van der Waals surface area contributed by atoms with E-state index in [-0.39, 0.29) is 30.8 Å². The van der Waals surface area contributed by atoms with Gasteiger partial charge in [-0.25, -0.2) is 4.79 Å². The third kappa shape index (κ3) is 4.93. The molecule has 5 amide bonds. The molecule has 3 aromatic rings. The van der Waals surface area contributed by atoms with Crippen molar-refractivity contribution in [1.82, 2.24) is 20.5 Å². The number of carbonyl (C=O) groups is 4. The van der Waals surface area contributed by atoms with Crippen molar-refractivity contribution in [2.45, 2.75) is 44.8 Å². The molecule has 2 aliphatic heterocycles. The van der Waals surface area contributed by atoms with Gasteiger partial charge < -0.3 is 15.5 Å². The van der Waals surface area contributed by atoms with Gasteiger partial charge in [0.05, 0.1) is 5.54 Å². The number of hydrogen-bond acceptors (Lipinski definition) is 5. The lowest BCUT2D eigenvalue weighted by molar-refractivity contribution is -0.136. The van der Waals surface area contributed by atoms with Gasteiger partial charge in [-0.1, -0.05) is 30.3 Å². The van der Waals surface area contributed by atoms with Gasteiger partial charge in [-0.05, 0) is 66.8 Å². The molecule has 37 heavy (non-hydrogen) atoms. The molecule has 0 saturated carbocycles. The van der Waals surface area contributed by atoms with E-state index in [4.69, 9.17) is 0 Å². The van der Waals surface area contributed by atoms with Crippen LogP contribution in [0.1, 0.15) is 48.2 Å². The smallest absolute Gasteiger partial charge is 0.319 e. The molecule has 1 saturated heterocycles. The molecule has 1 unspecified atom stereocenters. The number of nitrogens with zero attached hydrogens (tertiary/aromatic N) is 2. The van der Waals surface area contributed by atoms with Crippen molar-refractivity contribution in [2.24, 2.45) is 0 Å². The summed E-state index contributed by atoms with van der Waals surface area (Å²) >= 11 is 0. The summed E-state index contributed by atoms with van der Waals surface area (Å²) in [6.07, 6.45) is 4.04. The number of imide groups is 1. The second-order valence-corrected chi connectivity index (χ2v) is 9.80. The van der Waals surface area contributed by atoms with Crippen LogP contribution in [-0.4, -0.2) is 39.7 Å². The zero-order valence-electron chi connectivity index (χ0n) is 20.6. The summed E-state index contributed by atoms with van der Waals surface area (Å²) in [6, 6.07) is 15.8. The molecule has 5 rings (SSSR count). The number of anilines is 1. The highest BCUT2D eigenvalue weighted by molar-refractivity contribution is 6.05. The lowest BCUT2D eigenvalue weighted by Gasteiger charge is -2.29. The van der Waals surface area contributed by atoms with E-state index in [9.17, 15) is 19.2 Å². The SMILES string of the molecule is CC(C)(NC(=O)Nc1ccc2c(c1)CN(C1CCC(=O)NC1=O)C2=O)c1ccc(-c2cccnc2)cc1. The van der Waals surface area contributed by atoms with Crippen LogP contribution >= 0.6 is 0 Å². The fourth-order valence-corrected chi connectivity index (χ4v) is 4.78. The molecule has 0 aliphatic carbocycles. The Kier molecular flexibility index (Phi) is 6.20. The number of fused-ring (bicyclic) bond motifs is 1. The Morgan fingerprint density at radius 1 is 1.05 bits per heavy atom. The number of urea groups is 1. The zero-order valence-corrected chi connectivity index (χ0v) is 20.6. The summed E-state index contributed by atoms with van der Waals surface area (Å²) in [7, 11) is 0. The Hall–Kier alpha value is -4.53. The molecule has 2 aromatic carbocycles. The molecular formula is C28H27N5O4. The van der Waals surface area contributed by atoms with Crippen molar-refractivity contribution in [2.75, 3.05) is 5.32 Å². The summed E-state index contributed by atoms with van der Waals surface area (Å²) in [4.78, 5) is 55.1. The molecule has 0 bridgehead atoms. The van der Waals surface area contributed by atoms with Crippen LogP contribution in [-0.2, 0) is 21.7 Å². The second kappa shape index (κ2) is 9.50. The molecule has 1 aromatic heterocycles. The van der Waals surface area contributed by atoms with Gasteiger partial charge in [-0.15, -0.1) is 0 Å². The van der Waals surface area contributed by atoms with Gasteiger partial charge in [-0.3, -0.25) is 24.7 Å². The van der Waals surface area contributed by atoms with Crippen LogP contribution in [0.25, 0.3) is 11.1 Å². The molecule has 0 radical (unpaired) electrons. The first-order chi connectivity index (χ1) is 17.7. The number of carbonyl (C=O) groups excluding carboxylic acids is 4. The molecule has 3 heterocycles. The number of amides is 5.